The minimum atomic E-state index is -4.11. The average Bonchev–Trinajstić information content (AvgIpc) is 3.10. The van der Waals surface area contributed by atoms with Crippen molar-refractivity contribution in [2.45, 2.75) is 31.9 Å². The largest absolute Gasteiger partial charge is 0.401 e. The zero-order valence-corrected chi connectivity index (χ0v) is 19.4. The first-order valence-corrected chi connectivity index (χ1v) is 9.97. The lowest BCUT2D eigenvalue weighted by atomic mass is 9.93. The van der Waals surface area contributed by atoms with E-state index in [1.54, 1.807) is 7.05 Å². The molecule has 0 amide bonds. The van der Waals surface area contributed by atoms with Crippen molar-refractivity contribution in [2.24, 2.45) is 10.9 Å². The van der Waals surface area contributed by atoms with Crippen molar-refractivity contribution >= 4 is 35.6 Å². The fraction of sp³-hybridized carbons (Fsp3) is 0.632. The van der Waals surface area contributed by atoms with Crippen molar-refractivity contribution in [3.05, 3.63) is 30.2 Å². The van der Waals surface area contributed by atoms with Crippen LogP contribution >= 0.6 is 24.0 Å². The summed E-state index contributed by atoms with van der Waals surface area (Å²) in [5.41, 5.74) is 0.825. The Morgan fingerprint density at radius 1 is 1.17 bits per heavy atom. The number of aromatic nitrogens is 3. The lowest BCUT2D eigenvalue weighted by Gasteiger charge is -2.32. The van der Waals surface area contributed by atoms with E-state index in [9.17, 15) is 13.2 Å². The molecule has 0 aliphatic carbocycles. The molecule has 0 radical (unpaired) electrons. The molecule has 0 saturated carbocycles. The van der Waals surface area contributed by atoms with Gasteiger partial charge in [0.15, 0.2) is 11.6 Å². The number of guanidine groups is 1. The van der Waals surface area contributed by atoms with Gasteiger partial charge in [-0.1, -0.05) is 6.07 Å². The van der Waals surface area contributed by atoms with E-state index in [1.807, 2.05) is 28.8 Å². The third-order valence-electron chi connectivity index (χ3n) is 5.20. The van der Waals surface area contributed by atoms with Crippen molar-refractivity contribution in [1.82, 2.24) is 30.1 Å². The number of nitrogens with one attached hydrogen (secondary N) is 2. The van der Waals surface area contributed by atoms with Crippen LogP contribution in [0.1, 0.15) is 25.1 Å². The number of likely N-dealkylation sites (tertiary alicyclic amines) is 1. The predicted molar refractivity (Wildman–Crippen MR) is 121 cm³/mol. The fourth-order valence-electron chi connectivity index (χ4n) is 3.66. The van der Waals surface area contributed by atoms with Crippen LogP contribution in [0, 0.1) is 5.92 Å². The van der Waals surface area contributed by atoms with E-state index in [0.29, 0.717) is 37.9 Å². The van der Waals surface area contributed by atoms with E-state index in [0.717, 1.165) is 37.3 Å². The van der Waals surface area contributed by atoms with E-state index < -0.39 is 12.7 Å². The number of fused-ring (bicyclic) bond motifs is 1. The number of pyridine rings is 1. The molecule has 0 spiro atoms. The van der Waals surface area contributed by atoms with Crippen LogP contribution in [0.25, 0.3) is 5.65 Å². The highest BCUT2D eigenvalue weighted by molar-refractivity contribution is 14.0. The summed E-state index contributed by atoms with van der Waals surface area (Å²) in [7, 11) is 1.72. The van der Waals surface area contributed by atoms with Gasteiger partial charge in [0.2, 0.25) is 0 Å². The van der Waals surface area contributed by atoms with Crippen LogP contribution in [0.3, 0.4) is 0 Å². The molecule has 30 heavy (non-hydrogen) atoms. The summed E-state index contributed by atoms with van der Waals surface area (Å²) in [6, 6.07) is 5.79. The second-order valence-corrected chi connectivity index (χ2v) is 7.34. The van der Waals surface area contributed by atoms with Gasteiger partial charge >= 0.3 is 6.18 Å². The molecule has 2 N–H and O–H groups in total. The normalized spacial score (nSPS) is 16.5. The number of alkyl halides is 3. The van der Waals surface area contributed by atoms with Crippen molar-refractivity contribution in [3.8, 4) is 0 Å². The lowest BCUT2D eigenvalue weighted by molar-refractivity contribution is -0.148. The average molecular weight is 539 g/mol. The number of aliphatic imine (C=N–C) groups is 1. The van der Waals surface area contributed by atoms with Crippen LogP contribution in [-0.2, 0) is 6.42 Å². The highest BCUT2D eigenvalue weighted by Gasteiger charge is 2.32. The summed E-state index contributed by atoms with van der Waals surface area (Å²) in [5, 5.41) is 14.9. The lowest BCUT2D eigenvalue weighted by Crippen LogP contribution is -2.42. The molecular formula is C19H29F3IN7. The Balaban J connectivity index is 0.00000320. The number of nitrogens with zero attached hydrogens (tertiary/aromatic N) is 5. The maximum atomic E-state index is 12.5. The summed E-state index contributed by atoms with van der Waals surface area (Å²) in [4.78, 5) is 5.72. The third-order valence-corrected chi connectivity index (χ3v) is 5.20. The molecule has 0 aromatic carbocycles. The summed E-state index contributed by atoms with van der Waals surface area (Å²) < 4.78 is 39.3. The van der Waals surface area contributed by atoms with Gasteiger partial charge in [-0.3, -0.25) is 14.3 Å². The van der Waals surface area contributed by atoms with Gasteiger partial charge in [0, 0.05) is 32.8 Å². The maximum absolute atomic E-state index is 12.5. The fourth-order valence-corrected chi connectivity index (χ4v) is 3.66. The Labute approximate surface area is 191 Å². The van der Waals surface area contributed by atoms with E-state index in [2.05, 4.69) is 25.8 Å². The maximum Gasteiger partial charge on any atom is 0.401 e. The first-order chi connectivity index (χ1) is 13.9. The number of rotatable bonds is 7. The van der Waals surface area contributed by atoms with Gasteiger partial charge in [-0.15, -0.1) is 34.2 Å². The molecule has 1 aliphatic rings. The molecule has 3 rings (SSSR count). The molecule has 2 aromatic rings. The molecule has 2 aromatic heterocycles. The number of hydrogen-bond donors (Lipinski definition) is 2. The summed E-state index contributed by atoms with van der Waals surface area (Å²) in [5.74, 6) is 2.05. The molecule has 7 nitrogen and oxygen atoms in total. The summed E-state index contributed by atoms with van der Waals surface area (Å²) in [6.45, 7) is 1.66. The molecule has 1 saturated heterocycles. The van der Waals surface area contributed by atoms with Crippen molar-refractivity contribution in [1.29, 1.82) is 0 Å². The highest BCUT2D eigenvalue weighted by atomic mass is 127. The van der Waals surface area contributed by atoms with Gasteiger partial charge in [-0.2, -0.15) is 13.2 Å². The molecular weight excluding hydrogens is 510 g/mol. The summed E-state index contributed by atoms with van der Waals surface area (Å²) in [6.07, 6.45) is 1.09. The minimum Gasteiger partial charge on any atom is -0.356 e. The molecule has 0 atom stereocenters. The second-order valence-electron chi connectivity index (χ2n) is 7.34. The third kappa shape index (κ3) is 7.56. The molecule has 0 unspecified atom stereocenters. The topological polar surface area (TPSA) is 69.8 Å². The van der Waals surface area contributed by atoms with Gasteiger partial charge in [0.25, 0.3) is 0 Å². The Kier molecular flexibility index (Phi) is 9.59. The van der Waals surface area contributed by atoms with E-state index >= 15 is 0 Å². The minimum absolute atomic E-state index is 0. The SMILES string of the molecule is CN=C(NCCc1nnc2ccccn12)NCCC1CCN(CC(F)(F)F)CC1.I. The van der Waals surface area contributed by atoms with Crippen LogP contribution in [0.4, 0.5) is 13.2 Å². The van der Waals surface area contributed by atoms with Crippen LogP contribution in [-0.4, -0.2) is 71.4 Å². The molecule has 168 valence electrons. The molecule has 11 heteroatoms. The van der Waals surface area contributed by atoms with Crippen molar-refractivity contribution < 1.29 is 13.2 Å². The van der Waals surface area contributed by atoms with Gasteiger partial charge in [-0.05, 0) is 50.4 Å². The monoisotopic (exact) mass is 539 g/mol. The Bertz CT molecular complexity index is 801. The zero-order chi connectivity index (χ0) is 20.7. The van der Waals surface area contributed by atoms with Gasteiger partial charge in [-0.25, -0.2) is 0 Å². The van der Waals surface area contributed by atoms with E-state index in [1.165, 1.54) is 4.90 Å². The smallest absolute Gasteiger partial charge is 0.356 e. The molecule has 1 aliphatic heterocycles. The Morgan fingerprint density at radius 2 is 1.90 bits per heavy atom. The predicted octanol–water partition coefficient (Wildman–Crippen LogP) is 2.72. The van der Waals surface area contributed by atoms with Crippen LogP contribution in [0.2, 0.25) is 0 Å². The second kappa shape index (κ2) is 11.7. The molecule has 1 fully saturated rings. The first kappa shape index (κ1) is 24.6. The van der Waals surface area contributed by atoms with Gasteiger partial charge in [0.1, 0.15) is 5.82 Å². The van der Waals surface area contributed by atoms with Gasteiger partial charge < -0.3 is 10.6 Å². The van der Waals surface area contributed by atoms with Gasteiger partial charge in [0.05, 0.1) is 6.54 Å². The Hall–Kier alpha value is -1.63. The van der Waals surface area contributed by atoms with Crippen LogP contribution in [0.5, 0.6) is 0 Å². The summed E-state index contributed by atoms with van der Waals surface area (Å²) >= 11 is 0. The molecule has 3 heterocycles. The molecule has 0 bridgehead atoms. The van der Waals surface area contributed by atoms with Crippen molar-refractivity contribution in [2.75, 3.05) is 39.8 Å². The first-order valence-electron chi connectivity index (χ1n) is 9.97. The highest BCUT2D eigenvalue weighted by Crippen LogP contribution is 2.23. The Morgan fingerprint density at radius 3 is 2.60 bits per heavy atom. The van der Waals surface area contributed by atoms with Crippen molar-refractivity contribution in [3.63, 3.8) is 0 Å². The quantitative estimate of drug-likeness (QED) is 0.322. The standard InChI is InChI=1S/C19H28F3N7.HI/c1-23-18(25-10-6-17-27-26-16-4-2-3-11-29(16)17)24-9-5-15-7-12-28(13-8-15)14-19(20,21)22;/h2-4,11,15H,5-10,12-14H2,1H3,(H2,23,24,25);1H. The number of hydrogen-bond acceptors (Lipinski definition) is 4. The zero-order valence-electron chi connectivity index (χ0n) is 17.0. The van der Waals surface area contributed by atoms with E-state index in [-0.39, 0.29) is 24.0 Å². The number of halogens is 4. The van der Waals surface area contributed by atoms with E-state index in [4.69, 9.17) is 0 Å². The number of piperidine rings is 1. The van der Waals surface area contributed by atoms with Crippen LogP contribution in [0.15, 0.2) is 29.4 Å². The van der Waals surface area contributed by atoms with Crippen LogP contribution < -0.4 is 10.6 Å².